The largest absolute Gasteiger partial charge is 0.467 e. The van der Waals surface area contributed by atoms with Crippen molar-refractivity contribution < 1.29 is 19.1 Å². The summed E-state index contributed by atoms with van der Waals surface area (Å²) >= 11 is 0. The average molecular weight is 336 g/mol. The van der Waals surface area contributed by atoms with Gasteiger partial charge in [-0.15, -0.1) is 0 Å². The molecule has 6 nitrogen and oxygen atoms in total. The molecule has 2 aromatic rings. The van der Waals surface area contributed by atoms with Crippen LogP contribution in [0.3, 0.4) is 0 Å². The van der Waals surface area contributed by atoms with Crippen molar-refractivity contribution in [2.45, 2.75) is 11.1 Å². The average Bonchev–Trinajstić information content (AvgIpc) is 3.17. The van der Waals surface area contributed by atoms with Gasteiger partial charge in [0.1, 0.15) is 0 Å². The predicted molar refractivity (Wildman–Crippen MR) is 91.2 cm³/mol. The Morgan fingerprint density at radius 3 is 2.52 bits per heavy atom. The Kier molecular flexibility index (Phi) is 3.18. The lowest BCUT2D eigenvalue weighted by atomic mass is 9.71. The van der Waals surface area contributed by atoms with Gasteiger partial charge in [0.15, 0.2) is 6.40 Å². The number of anilines is 1. The minimum Gasteiger partial charge on any atom is -0.467 e. The highest BCUT2D eigenvalue weighted by molar-refractivity contribution is 6.13. The molecule has 1 amide bonds. The molecule has 0 N–H and O–H groups in total. The van der Waals surface area contributed by atoms with E-state index in [0.29, 0.717) is 16.8 Å². The second-order valence-electron chi connectivity index (χ2n) is 5.98. The molecule has 4 rings (SSSR count). The molecule has 2 atom stereocenters. The van der Waals surface area contributed by atoms with Crippen molar-refractivity contribution in [1.29, 1.82) is 0 Å². The number of likely N-dealkylation sites (N-methyl/N-ethyl adjacent to an activating group) is 1. The second kappa shape index (κ2) is 5.17. The summed E-state index contributed by atoms with van der Waals surface area (Å²) in [6.45, 7) is 0. The first-order chi connectivity index (χ1) is 12.1. The number of aliphatic imine (C=N–C) groups is 1. The van der Waals surface area contributed by atoms with Crippen molar-refractivity contribution in [1.82, 2.24) is 0 Å². The molecule has 1 spiro atoms. The summed E-state index contributed by atoms with van der Waals surface area (Å²) in [5.41, 5.74) is -1.45. The first kappa shape index (κ1) is 15.4. The fourth-order valence-corrected chi connectivity index (χ4v) is 3.77. The van der Waals surface area contributed by atoms with Crippen molar-refractivity contribution in [3.63, 3.8) is 0 Å². The Morgan fingerprint density at radius 2 is 1.80 bits per heavy atom. The van der Waals surface area contributed by atoms with Gasteiger partial charge in [0.2, 0.25) is 5.54 Å². The second-order valence-corrected chi connectivity index (χ2v) is 5.98. The molecule has 126 valence electrons. The number of rotatable bonds is 2. The standard InChI is InChI=1S/C19H16N2O4/c1-21-15-11-7-6-10-14(15)19(16(21)22)18(17(23)24-2,20-12-25-19)13-8-4-3-5-9-13/h3-12H,1-2H3/t18-,19+/m0/s1. The van der Waals surface area contributed by atoms with E-state index in [1.807, 2.05) is 24.3 Å². The molecule has 2 aromatic carbocycles. The van der Waals surface area contributed by atoms with Crippen LogP contribution in [-0.2, 0) is 30.2 Å². The molecule has 0 unspecified atom stereocenters. The van der Waals surface area contributed by atoms with Crippen LogP contribution in [0.2, 0.25) is 0 Å². The van der Waals surface area contributed by atoms with Crippen LogP contribution >= 0.6 is 0 Å². The number of esters is 1. The number of hydrogen-bond donors (Lipinski definition) is 0. The molecular formula is C19H16N2O4. The van der Waals surface area contributed by atoms with Crippen LogP contribution in [0.1, 0.15) is 11.1 Å². The minimum absolute atomic E-state index is 0.361. The van der Waals surface area contributed by atoms with E-state index >= 15 is 0 Å². The lowest BCUT2D eigenvalue weighted by Gasteiger charge is -2.36. The lowest BCUT2D eigenvalue weighted by Crippen LogP contribution is -2.57. The van der Waals surface area contributed by atoms with E-state index in [1.54, 1.807) is 37.4 Å². The molecule has 0 saturated heterocycles. The normalized spacial score (nSPS) is 26.6. The molecule has 0 bridgehead atoms. The molecule has 0 aromatic heterocycles. The summed E-state index contributed by atoms with van der Waals surface area (Å²) in [4.78, 5) is 32.1. The fourth-order valence-electron chi connectivity index (χ4n) is 3.77. The van der Waals surface area contributed by atoms with Crippen molar-refractivity contribution >= 4 is 24.0 Å². The molecule has 2 aliphatic rings. The zero-order valence-corrected chi connectivity index (χ0v) is 13.8. The maximum absolute atomic E-state index is 13.3. The van der Waals surface area contributed by atoms with Crippen LogP contribution in [-0.4, -0.2) is 32.4 Å². The SMILES string of the molecule is COC(=O)[C@]1(c2ccccc2)N=CO[C@]12C(=O)N(C)c1ccccc12. The predicted octanol–water partition coefficient (Wildman–Crippen LogP) is 1.99. The molecule has 2 aliphatic heterocycles. The summed E-state index contributed by atoms with van der Waals surface area (Å²) in [5.74, 6) is -1.01. The van der Waals surface area contributed by atoms with Gasteiger partial charge in [0.05, 0.1) is 12.8 Å². The number of carbonyl (C=O) groups excluding carboxylic acids is 2. The number of hydrogen-bond acceptors (Lipinski definition) is 5. The maximum atomic E-state index is 13.3. The minimum atomic E-state index is -1.64. The molecule has 2 heterocycles. The highest BCUT2D eigenvalue weighted by Crippen LogP contribution is 2.56. The Hall–Kier alpha value is -3.15. The number of carbonyl (C=O) groups is 2. The van der Waals surface area contributed by atoms with Crippen molar-refractivity contribution in [2.75, 3.05) is 19.1 Å². The first-order valence-electron chi connectivity index (χ1n) is 7.82. The van der Waals surface area contributed by atoms with E-state index in [1.165, 1.54) is 18.4 Å². The van der Waals surface area contributed by atoms with Gasteiger partial charge in [0.25, 0.3) is 11.5 Å². The monoisotopic (exact) mass is 336 g/mol. The molecule has 25 heavy (non-hydrogen) atoms. The van der Waals surface area contributed by atoms with Gasteiger partial charge in [-0.3, -0.25) is 4.79 Å². The third-order valence-electron chi connectivity index (χ3n) is 4.91. The van der Waals surface area contributed by atoms with Crippen LogP contribution in [0, 0.1) is 0 Å². The number of para-hydroxylation sites is 1. The summed E-state index contributed by atoms with van der Waals surface area (Å²) in [5, 5.41) is 0. The molecular weight excluding hydrogens is 320 g/mol. The smallest absolute Gasteiger partial charge is 0.343 e. The summed E-state index contributed by atoms with van der Waals surface area (Å²) in [6, 6.07) is 16.1. The van der Waals surface area contributed by atoms with Crippen LogP contribution in [0.25, 0.3) is 0 Å². The summed E-state index contributed by atoms with van der Waals surface area (Å²) in [7, 11) is 2.94. The summed E-state index contributed by atoms with van der Waals surface area (Å²) in [6.07, 6.45) is 1.18. The van der Waals surface area contributed by atoms with E-state index in [0.717, 1.165) is 0 Å². The van der Waals surface area contributed by atoms with Crippen LogP contribution < -0.4 is 4.90 Å². The van der Waals surface area contributed by atoms with Gasteiger partial charge in [0, 0.05) is 12.6 Å². The number of methoxy groups -OCH3 is 1. The van der Waals surface area contributed by atoms with Gasteiger partial charge in [-0.05, 0) is 11.6 Å². The van der Waals surface area contributed by atoms with Crippen molar-refractivity contribution in [3.8, 4) is 0 Å². The van der Waals surface area contributed by atoms with Crippen LogP contribution in [0.15, 0.2) is 59.6 Å². The first-order valence-corrected chi connectivity index (χ1v) is 7.82. The van der Waals surface area contributed by atoms with E-state index in [2.05, 4.69) is 4.99 Å². The van der Waals surface area contributed by atoms with Crippen molar-refractivity contribution in [3.05, 3.63) is 65.7 Å². The highest BCUT2D eigenvalue weighted by atomic mass is 16.5. The zero-order valence-electron chi connectivity index (χ0n) is 13.8. The summed E-state index contributed by atoms with van der Waals surface area (Å²) < 4.78 is 10.9. The Labute approximate surface area is 144 Å². The molecule has 0 fully saturated rings. The third kappa shape index (κ3) is 1.66. The molecule has 6 heteroatoms. The van der Waals surface area contributed by atoms with Gasteiger partial charge in [-0.25, -0.2) is 9.79 Å². The van der Waals surface area contributed by atoms with Gasteiger partial charge < -0.3 is 14.4 Å². The molecule has 0 radical (unpaired) electrons. The topological polar surface area (TPSA) is 68.2 Å². The highest BCUT2D eigenvalue weighted by Gasteiger charge is 2.72. The van der Waals surface area contributed by atoms with Crippen LogP contribution in [0.5, 0.6) is 0 Å². The van der Waals surface area contributed by atoms with Gasteiger partial charge >= 0.3 is 5.97 Å². The Bertz CT molecular complexity index is 895. The van der Waals surface area contributed by atoms with Crippen LogP contribution in [0.4, 0.5) is 5.69 Å². The molecule has 0 saturated carbocycles. The number of ether oxygens (including phenoxy) is 2. The van der Waals surface area contributed by atoms with E-state index in [9.17, 15) is 9.59 Å². The van der Waals surface area contributed by atoms with Crippen molar-refractivity contribution in [2.24, 2.45) is 4.99 Å². The maximum Gasteiger partial charge on any atom is 0.343 e. The van der Waals surface area contributed by atoms with Gasteiger partial charge in [-0.1, -0.05) is 48.5 Å². The number of nitrogens with zero attached hydrogens (tertiary/aromatic N) is 2. The third-order valence-corrected chi connectivity index (χ3v) is 4.91. The Balaban J connectivity index is 2.08. The Morgan fingerprint density at radius 1 is 1.12 bits per heavy atom. The zero-order chi connectivity index (χ0) is 17.7. The fraction of sp³-hybridized carbons (Fsp3) is 0.211. The quantitative estimate of drug-likeness (QED) is 0.787. The van der Waals surface area contributed by atoms with E-state index < -0.39 is 17.1 Å². The number of amides is 1. The van der Waals surface area contributed by atoms with E-state index in [-0.39, 0.29) is 5.91 Å². The van der Waals surface area contributed by atoms with E-state index in [4.69, 9.17) is 9.47 Å². The number of fused-ring (bicyclic) bond motifs is 2. The molecule has 0 aliphatic carbocycles. The lowest BCUT2D eigenvalue weighted by molar-refractivity contribution is -0.162. The van der Waals surface area contributed by atoms with Gasteiger partial charge in [-0.2, -0.15) is 0 Å². The number of benzene rings is 2.